The third-order valence-electron chi connectivity index (χ3n) is 3.22. The van der Waals surface area contributed by atoms with Crippen LogP contribution in [0, 0.1) is 0 Å². The van der Waals surface area contributed by atoms with E-state index in [9.17, 15) is 0 Å². The molecule has 3 N–H and O–H groups in total. The number of nitrogens with zero attached hydrogens (tertiary/aromatic N) is 1. The van der Waals surface area contributed by atoms with E-state index in [-0.39, 0.29) is 0 Å². The van der Waals surface area contributed by atoms with Gasteiger partial charge in [-0.1, -0.05) is 0 Å². The molecule has 0 aliphatic carbocycles. The summed E-state index contributed by atoms with van der Waals surface area (Å²) in [4.78, 5) is 2.40. The Morgan fingerprint density at radius 3 is 3.00 bits per heavy atom. The van der Waals surface area contributed by atoms with Gasteiger partial charge in [-0.25, -0.2) is 0 Å². The summed E-state index contributed by atoms with van der Waals surface area (Å²) in [5.74, 6) is 0. The van der Waals surface area contributed by atoms with Crippen molar-refractivity contribution in [1.82, 2.24) is 10.2 Å². The smallest absolute Gasteiger partial charge is 0.0615 e. The summed E-state index contributed by atoms with van der Waals surface area (Å²) in [6.07, 6.45) is 4.77. The molecule has 1 heterocycles. The van der Waals surface area contributed by atoms with Gasteiger partial charge in [0.15, 0.2) is 0 Å². The second kappa shape index (κ2) is 8.01. The molecule has 0 saturated carbocycles. The molecule has 0 spiro atoms. The van der Waals surface area contributed by atoms with Gasteiger partial charge in [-0.05, 0) is 45.8 Å². The number of rotatable bonds is 7. The van der Waals surface area contributed by atoms with Crippen LogP contribution in [0.2, 0.25) is 0 Å². The molecule has 4 heteroatoms. The molecule has 4 nitrogen and oxygen atoms in total. The van der Waals surface area contributed by atoms with Gasteiger partial charge in [0.1, 0.15) is 0 Å². The molecule has 0 aromatic carbocycles. The van der Waals surface area contributed by atoms with Gasteiger partial charge in [0.25, 0.3) is 0 Å². The lowest BCUT2D eigenvalue weighted by atomic mass is 10.0. The SMILES string of the molecule is COCC(CCCN)NC1CCCN(C)C1. The maximum Gasteiger partial charge on any atom is 0.0615 e. The minimum absolute atomic E-state index is 0.463. The summed E-state index contributed by atoms with van der Waals surface area (Å²) in [5, 5.41) is 3.70. The number of hydrogen-bond acceptors (Lipinski definition) is 4. The first kappa shape index (κ1) is 13.9. The fourth-order valence-corrected chi connectivity index (χ4v) is 2.42. The molecule has 96 valence electrons. The normalized spacial score (nSPS) is 24.6. The summed E-state index contributed by atoms with van der Waals surface area (Å²) in [6.45, 7) is 3.95. The number of nitrogens with two attached hydrogens (primary N) is 1. The van der Waals surface area contributed by atoms with Crippen molar-refractivity contribution in [3.05, 3.63) is 0 Å². The Labute approximate surface area is 99.5 Å². The van der Waals surface area contributed by atoms with Crippen LogP contribution in [0.15, 0.2) is 0 Å². The Morgan fingerprint density at radius 2 is 2.38 bits per heavy atom. The largest absolute Gasteiger partial charge is 0.383 e. The quantitative estimate of drug-likeness (QED) is 0.664. The van der Waals surface area contributed by atoms with Crippen molar-refractivity contribution in [1.29, 1.82) is 0 Å². The van der Waals surface area contributed by atoms with Crippen LogP contribution in [0.3, 0.4) is 0 Å². The van der Waals surface area contributed by atoms with Crippen LogP contribution < -0.4 is 11.1 Å². The highest BCUT2D eigenvalue weighted by Gasteiger charge is 2.19. The zero-order chi connectivity index (χ0) is 11.8. The first-order valence-electron chi connectivity index (χ1n) is 6.40. The van der Waals surface area contributed by atoms with Crippen LogP contribution >= 0.6 is 0 Å². The molecule has 0 amide bonds. The summed E-state index contributed by atoms with van der Waals surface area (Å²) >= 11 is 0. The molecule has 1 saturated heterocycles. The van der Waals surface area contributed by atoms with Crippen molar-refractivity contribution < 1.29 is 4.74 Å². The lowest BCUT2D eigenvalue weighted by Gasteiger charge is -2.33. The molecule has 1 fully saturated rings. The van der Waals surface area contributed by atoms with E-state index < -0.39 is 0 Å². The predicted octanol–water partition coefficient (Wildman–Crippen LogP) is 0.424. The van der Waals surface area contributed by atoms with Gasteiger partial charge < -0.3 is 20.7 Å². The summed E-state index contributed by atoms with van der Waals surface area (Å²) < 4.78 is 5.25. The van der Waals surface area contributed by atoms with Gasteiger partial charge in [-0.2, -0.15) is 0 Å². The van der Waals surface area contributed by atoms with Crippen molar-refractivity contribution in [2.75, 3.05) is 40.4 Å². The maximum atomic E-state index is 5.55. The van der Waals surface area contributed by atoms with Gasteiger partial charge in [0, 0.05) is 25.7 Å². The van der Waals surface area contributed by atoms with Crippen LogP contribution in [-0.4, -0.2) is 57.4 Å². The Bertz CT molecular complexity index is 178. The van der Waals surface area contributed by atoms with Crippen molar-refractivity contribution in [3.8, 4) is 0 Å². The molecule has 1 aliphatic heterocycles. The fourth-order valence-electron chi connectivity index (χ4n) is 2.42. The molecule has 0 aromatic rings. The number of nitrogens with one attached hydrogen (secondary N) is 1. The number of likely N-dealkylation sites (tertiary alicyclic amines) is 1. The number of hydrogen-bond donors (Lipinski definition) is 2. The predicted molar refractivity (Wildman–Crippen MR) is 67.6 cm³/mol. The van der Waals surface area contributed by atoms with Crippen molar-refractivity contribution in [2.45, 2.75) is 37.8 Å². The summed E-state index contributed by atoms with van der Waals surface area (Å²) in [7, 11) is 3.96. The van der Waals surface area contributed by atoms with E-state index in [1.54, 1.807) is 7.11 Å². The zero-order valence-electron chi connectivity index (χ0n) is 10.7. The fraction of sp³-hybridized carbons (Fsp3) is 1.00. The van der Waals surface area contributed by atoms with Gasteiger partial charge in [-0.3, -0.25) is 0 Å². The summed E-state index contributed by atoms with van der Waals surface area (Å²) in [5.41, 5.74) is 5.55. The van der Waals surface area contributed by atoms with E-state index in [4.69, 9.17) is 10.5 Å². The molecule has 2 atom stereocenters. The molecule has 0 aromatic heterocycles. The van der Waals surface area contributed by atoms with E-state index in [1.807, 2.05) is 0 Å². The Morgan fingerprint density at radius 1 is 1.56 bits per heavy atom. The van der Waals surface area contributed by atoms with E-state index in [1.165, 1.54) is 19.4 Å². The van der Waals surface area contributed by atoms with Gasteiger partial charge in [0.2, 0.25) is 0 Å². The third kappa shape index (κ3) is 5.25. The van der Waals surface area contributed by atoms with Crippen LogP contribution in [0.25, 0.3) is 0 Å². The van der Waals surface area contributed by atoms with Gasteiger partial charge in [0.05, 0.1) is 6.61 Å². The second-order valence-electron chi connectivity index (χ2n) is 4.85. The highest BCUT2D eigenvalue weighted by atomic mass is 16.5. The molecule has 1 aliphatic rings. The van der Waals surface area contributed by atoms with Crippen LogP contribution in [0.5, 0.6) is 0 Å². The van der Waals surface area contributed by atoms with Crippen LogP contribution in [0.1, 0.15) is 25.7 Å². The number of methoxy groups -OCH3 is 1. The first-order valence-corrected chi connectivity index (χ1v) is 6.40. The Balaban J connectivity index is 2.28. The number of likely N-dealkylation sites (N-methyl/N-ethyl adjacent to an activating group) is 1. The zero-order valence-corrected chi connectivity index (χ0v) is 10.7. The lowest BCUT2D eigenvalue weighted by Crippen LogP contribution is -2.49. The second-order valence-corrected chi connectivity index (χ2v) is 4.85. The molecule has 0 radical (unpaired) electrons. The maximum absolute atomic E-state index is 5.55. The average Bonchev–Trinajstić information content (AvgIpc) is 2.26. The Kier molecular flexibility index (Phi) is 6.96. The molecule has 16 heavy (non-hydrogen) atoms. The third-order valence-corrected chi connectivity index (χ3v) is 3.22. The van der Waals surface area contributed by atoms with Crippen molar-refractivity contribution in [3.63, 3.8) is 0 Å². The van der Waals surface area contributed by atoms with E-state index in [2.05, 4.69) is 17.3 Å². The first-order chi connectivity index (χ1) is 7.76. The highest BCUT2D eigenvalue weighted by Crippen LogP contribution is 2.10. The molecule has 2 unspecified atom stereocenters. The van der Waals surface area contributed by atoms with E-state index in [0.717, 1.165) is 32.5 Å². The molecule has 0 bridgehead atoms. The van der Waals surface area contributed by atoms with Crippen molar-refractivity contribution in [2.24, 2.45) is 5.73 Å². The standard InChI is InChI=1S/C12H27N3O/c1-15-8-4-6-11(9-15)14-12(10-16-2)5-3-7-13/h11-12,14H,3-10,13H2,1-2H3. The average molecular weight is 229 g/mol. The van der Waals surface area contributed by atoms with Crippen LogP contribution in [0.4, 0.5) is 0 Å². The Hall–Kier alpha value is -0.160. The molecular weight excluding hydrogens is 202 g/mol. The van der Waals surface area contributed by atoms with E-state index in [0.29, 0.717) is 12.1 Å². The van der Waals surface area contributed by atoms with Gasteiger partial charge >= 0.3 is 0 Å². The van der Waals surface area contributed by atoms with Crippen LogP contribution in [-0.2, 0) is 4.74 Å². The van der Waals surface area contributed by atoms with E-state index >= 15 is 0 Å². The number of ether oxygens (including phenoxy) is 1. The van der Waals surface area contributed by atoms with Crippen molar-refractivity contribution >= 4 is 0 Å². The summed E-state index contributed by atoms with van der Waals surface area (Å²) in [6, 6.07) is 1.08. The molecule has 1 rings (SSSR count). The highest BCUT2D eigenvalue weighted by molar-refractivity contribution is 4.80. The molecular formula is C12H27N3O. The monoisotopic (exact) mass is 229 g/mol. The lowest BCUT2D eigenvalue weighted by molar-refractivity contribution is 0.140. The van der Waals surface area contributed by atoms with Gasteiger partial charge in [-0.15, -0.1) is 0 Å². The minimum Gasteiger partial charge on any atom is -0.383 e. The minimum atomic E-state index is 0.463. The topological polar surface area (TPSA) is 50.5 Å². The number of piperidine rings is 1.